The monoisotopic (exact) mass is 338 g/mol. The molecule has 0 aliphatic carbocycles. The second kappa shape index (κ2) is 8.02. The van der Waals surface area contributed by atoms with Crippen LogP contribution in [0.2, 0.25) is 5.02 Å². The van der Waals surface area contributed by atoms with Crippen molar-refractivity contribution in [3.8, 4) is 5.75 Å². The van der Waals surface area contributed by atoms with Crippen LogP contribution in [0.3, 0.4) is 0 Å². The molecule has 1 heterocycles. The molecule has 128 valence electrons. The molecule has 0 aromatic heterocycles. The van der Waals surface area contributed by atoms with Gasteiger partial charge in [-0.25, -0.2) is 0 Å². The van der Waals surface area contributed by atoms with E-state index < -0.39 is 0 Å². The first-order chi connectivity index (χ1) is 10.9. The number of hydrogen-bond donors (Lipinski definition) is 1. The molecule has 1 amide bonds. The normalized spacial score (nSPS) is 22.1. The van der Waals surface area contributed by atoms with Crippen molar-refractivity contribution in [2.45, 2.75) is 39.2 Å². The fraction of sp³-hybridized carbons (Fsp3) is 0.611. The fourth-order valence-electron chi connectivity index (χ4n) is 3.40. The summed E-state index contributed by atoms with van der Waals surface area (Å²) in [4.78, 5) is 16.9. The van der Waals surface area contributed by atoms with Crippen LogP contribution >= 0.6 is 11.6 Å². The lowest BCUT2D eigenvalue weighted by Crippen LogP contribution is -2.50. The van der Waals surface area contributed by atoms with Crippen LogP contribution < -0.4 is 0 Å². The number of likely N-dealkylation sites (tertiary alicyclic amines) is 1. The van der Waals surface area contributed by atoms with Gasteiger partial charge in [0.25, 0.3) is 0 Å². The van der Waals surface area contributed by atoms with Crippen molar-refractivity contribution in [2.75, 3.05) is 26.7 Å². The van der Waals surface area contributed by atoms with E-state index in [4.69, 9.17) is 11.6 Å². The third kappa shape index (κ3) is 4.61. The zero-order valence-corrected chi connectivity index (χ0v) is 15.0. The Balaban J connectivity index is 1.88. The molecule has 0 unspecified atom stereocenters. The van der Waals surface area contributed by atoms with Crippen molar-refractivity contribution in [2.24, 2.45) is 5.92 Å². The quantitative estimate of drug-likeness (QED) is 0.896. The van der Waals surface area contributed by atoms with Crippen molar-refractivity contribution in [1.29, 1.82) is 0 Å². The second-order valence-corrected chi connectivity index (χ2v) is 6.92. The van der Waals surface area contributed by atoms with Crippen LogP contribution in [0.1, 0.15) is 32.3 Å². The van der Waals surface area contributed by atoms with E-state index in [2.05, 4.69) is 18.7 Å². The van der Waals surface area contributed by atoms with Gasteiger partial charge in [-0.3, -0.25) is 4.79 Å². The molecule has 1 aliphatic heterocycles. The molecule has 0 saturated carbocycles. The number of aryl methyl sites for hydroxylation is 1. The third-order valence-corrected chi connectivity index (χ3v) is 5.22. The molecule has 1 aromatic rings. The van der Waals surface area contributed by atoms with Crippen LogP contribution in [0.5, 0.6) is 5.75 Å². The van der Waals surface area contributed by atoms with Crippen molar-refractivity contribution >= 4 is 17.5 Å². The van der Waals surface area contributed by atoms with Gasteiger partial charge in [0.15, 0.2) is 0 Å². The number of halogens is 1. The van der Waals surface area contributed by atoms with E-state index in [1.807, 2.05) is 18.0 Å². The Morgan fingerprint density at radius 1 is 1.48 bits per heavy atom. The maximum Gasteiger partial charge on any atom is 0.222 e. The Bertz CT molecular complexity index is 550. The second-order valence-electron chi connectivity index (χ2n) is 6.52. The molecule has 1 N–H and O–H groups in total. The minimum absolute atomic E-state index is 0.0790. The van der Waals surface area contributed by atoms with Crippen LogP contribution in [0, 0.1) is 5.92 Å². The summed E-state index contributed by atoms with van der Waals surface area (Å²) in [6.07, 6.45) is 2.16. The highest BCUT2D eigenvalue weighted by molar-refractivity contribution is 6.32. The summed E-state index contributed by atoms with van der Waals surface area (Å²) in [7, 11) is 1.93. The first kappa shape index (κ1) is 18.1. The molecule has 1 aromatic carbocycles. The lowest BCUT2D eigenvalue weighted by Gasteiger charge is -2.41. The first-order valence-electron chi connectivity index (χ1n) is 8.37. The van der Waals surface area contributed by atoms with Crippen LogP contribution in [0.4, 0.5) is 0 Å². The average molecular weight is 339 g/mol. The summed E-state index contributed by atoms with van der Waals surface area (Å²) in [5, 5.41) is 9.78. The number of nitrogens with zero attached hydrogens (tertiary/aromatic N) is 2. The Labute approximate surface area is 144 Å². The van der Waals surface area contributed by atoms with E-state index >= 15 is 0 Å². The molecular weight excluding hydrogens is 312 g/mol. The Morgan fingerprint density at radius 3 is 2.83 bits per heavy atom. The van der Waals surface area contributed by atoms with E-state index in [0.717, 1.165) is 31.6 Å². The highest BCUT2D eigenvalue weighted by Crippen LogP contribution is 2.25. The molecule has 5 heteroatoms. The first-order valence-corrected chi connectivity index (χ1v) is 8.75. The molecule has 0 spiro atoms. The Morgan fingerprint density at radius 2 is 2.22 bits per heavy atom. The summed E-state index contributed by atoms with van der Waals surface area (Å²) in [5.74, 6) is 0.757. The summed E-state index contributed by atoms with van der Waals surface area (Å²) < 4.78 is 0. The zero-order chi connectivity index (χ0) is 17.0. The number of piperidine rings is 1. The van der Waals surface area contributed by atoms with E-state index in [1.165, 1.54) is 0 Å². The predicted octanol–water partition coefficient (Wildman–Crippen LogP) is 3.17. The molecule has 1 aliphatic rings. The van der Waals surface area contributed by atoms with E-state index in [0.29, 0.717) is 29.8 Å². The van der Waals surface area contributed by atoms with Crippen LogP contribution in [0.15, 0.2) is 18.2 Å². The van der Waals surface area contributed by atoms with Gasteiger partial charge in [-0.15, -0.1) is 0 Å². The summed E-state index contributed by atoms with van der Waals surface area (Å²) in [5.41, 5.74) is 0.975. The number of rotatable bonds is 5. The number of hydrogen-bond acceptors (Lipinski definition) is 3. The Kier molecular flexibility index (Phi) is 6.31. The van der Waals surface area contributed by atoms with Crippen LogP contribution in [-0.4, -0.2) is 53.5 Å². The van der Waals surface area contributed by atoms with Crippen LogP contribution in [-0.2, 0) is 11.2 Å². The van der Waals surface area contributed by atoms with E-state index in [-0.39, 0.29) is 11.7 Å². The highest BCUT2D eigenvalue weighted by Gasteiger charge is 2.30. The number of phenols is 1. The number of carbonyl (C=O) groups is 1. The summed E-state index contributed by atoms with van der Waals surface area (Å²) in [6, 6.07) is 5.45. The van der Waals surface area contributed by atoms with Gasteiger partial charge < -0.3 is 14.9 Å². The summed E-state index contributed by atoms with van der Waals surface area (Å²) in [6.45, 7) is 7.63. The molecule has 0 radical (unpaired) electrons. The maximum absolute atomic E-state index is 12.5. The number of carbonyl (C=O) groups excluding carboxylic acids is 1. The molecule has 2 rings (SSSR count). The average Bonchev–Trinajstić information content (AvgIpc) is 2.54. The van der Waals surface area contributed by atoms with Gasteiger partial charge in [0.2, 0.25) is 5.91 Å². The third-order valence-electron chi connectivity index (χ3n) is 4.92. The molecular formula is C18H27ClN2O2. The van der Waals surface area contributed by atoms with Gasteiger partial charge in [-0.2, -0.15) is 0 Å². The van der Waals surface area contributed by atoms with Gasteiger partial charge in [0, 0.05) is 32.6 Å². The highest BCUT2D eigenvalue weighted by atomic mass is 35.5. The molecule has 23 heavy (non-hydrogen) atoms. The molecule has 0 bridgehead atoms. The number of aromatic hydroxyl groups is 1. The van der Waals surface area contributed by atoms with Gasteiger partial charge in [-0.1, -0.05) is 31.5 Å². The number of phenolic OH excluding ortho intramolecular Hbond substituents is 1. The van der Waals surface area contributed by atoms with E-state index in [9.17, 15) is 9.90 Å². The van der Waals surface area contributed by atoms with Crippen LogP contribution in [0.25, 0.3) is 0 Å². The van der Waals surface area contributed by atoms with Gasteiger partial charge in [0.05, 0.1) is 5.02 Å². The fourth-order valence-corrected chi connectivity index (χ4v) is 3.60. The van der Waals surface area contributed by atoms with Crippen molar-refractivity contribution < 1.29 is 9.90 Å². The largest absolute Gasteiger partial charge is 0.506 e. The molecule has 2 atom stereocenters. The van der Waals surface area contributed by atoms with Gasteiger partial charge in [0.1, 0.15) is 5.75 Å². The predicted molar refractivity (Wildman–Crippen MR) is 93.9 cm³/mol. The zero-order valence-electron chi connectivity index (χ0n) is 14.3. The minimum atomic E-state index is 0.0790. The van der Waals surface area contributed by atoms with Crippen molar-refractivity contribution in [3.63, 3.8) is 0 Å². The molecule has 1 fully saturated rings. The van der Waals surface area contributed by atoms with Crippen molar-refractivity contribution in [1.82, 2.24) is 9.80 Å². The molecule has 4 nitrogen and oxygen atoms in total. The van der Waals surface area contributed by atoms with E-state index in [1.54, 1.807) is 12.1 Å². The minimum Gasteiger partial charge on any atom is -0.506 e. The lowest BCUT2D eigenvalue weighted by atomic mass is 9.92. The van der Waals surface area contributed by atoms with Gasteiger partial charge in [-0.05, 0) is 43.0 Å². The maximum atomic E-state index is 12.5. The lowest BCUT2D eigenvalue weighted by molar-refractivity contribution is -0.134. The van der Waals surface area contributed by atoms with Crippen molar-refractivity contribution in [3.05, 3.63) is 28.8 Å². The smallest absolute Gasteiger partial charge is 0.222 e. The van der Waals surface area contributed by atoms with Gasteiger partial charge >= 0.3 is 0 Å². The standard InChI is InChI=1S/C18H27ClN2O2/c1-4-21-10-9-16(13(2)12-21)20(3)18(23)8-6-14-5-7-17(22)15(19)11-14/h5,7,11,13,16,22H,4,6,8-10,12H2,1-3H3/t13-,16+/m0/s1. The number of amides is 1. The summed E-state index contributed by atoms with van der Waals surface area (Å²) >= 11 is 5.91. The molecule has 1 saturated heterocycles. The SMILES string of the molecule is CCN1CC[C@@H](N(C)C(=O)CCc2ccc(O)c(Cl)c2)[C@@H](C)C1. The Hall–Kier alpha value is -1.26. The topological polar surface area (TPSA) is 43.8 Å². The number of benzene rings is 1.